The van der Waals surface area contributed by atoms with Crippen LogP contribution in [0.3, 0.4) is 0 Å². The Morgan fingerprint density at radius 2 is 1.59 bits per heavy atom. The first-order valence-corrected chi connectivity index (χ1v) is 14.6. The van der Waals surface area contributed by atoms with Gasteiger partial charge in [0.15, 0.2) is 8.32 Å². The van der Waals surface area contributed by atoms with Crippen LogP contribution in [0.2, 0.25) is 18.1 Å². The van der Waals surface area contributed by atoms with Gasteiger partial charge < -0.3 is 4.43 Å². The molecule has 2 aromatic carbocycles. The van der Waals surface area contributed by atoms with Crippen molar-refractivity contribution in [1.82, 2.24) is 4.72 Å². The predicted octanol–water partition coefficient (Wildman–Crippen LogP) is 5.64. The molecule has 29 heavy (non-hydrogen) atoms. The lowest BCUT2D eigenvalue weighted by atomic mass is 10.1. The van der Waals surface area contributed by atoms with Gasteiger partial charge >= 0.3 is 0 Å². The molecule has 0 saturated carbocycles. The number of hydrogen-bond donors (Lipinski definition) is 1. The minimum atomic E-state index is -3.73. The summed E-state index contributed by atoms with van der Waals surface area (Å²) in [6.07, 6.45) is 0. The number of halogens is 1. The number of nitrogens with one attached hydrogen (secondary N) is 1. The molecule has 160 valence electrons. The Morgan fingerprint density at radius 3 is 2.10 bits per heavy atom. The lowest BCUT2D eigenvalue weighted by Gasteiger charge is -2.38. The standard InChI is InChI=1S/C22H32ClNO3SSi/c1-17-12-14-19(15-13-17)28(25,26)24-20(16-27-29(5,6)22(2,3)4)21(23)18-10-8-7-9-11-18/h7-15,20-21,24H,16H2,1-6H3. The molecule has 0 aliphatic carbocycles. The van der Waals surface area contributed by atoms with E-state index in [9.17, 15) is 8.42 Å². The Balaban J connectivity index is 2.30. The molecular weight excluding hydrogens is 422 g/mol. The van der Waals surface area contributed by atoms with Crippen molar-refractivity contribution in [2.75, 3.05) is 6.61 Å². The highest BCUT2D eigenvalue weighted by molar-refractivity contribution is 7.89. The van der Waals surface area contributed by atoms with Crippen molar-refractivity contribution in [3.63, 3.8) is 0 Å². The summed E-state index contributed by atoms with van der Waals surface area (Å²) in [4.78, 5) is 0.220. The molecule has 0 bridgehead atoms. The fourth-order valence-corrected chi connectivity index (χ4v) is 5.17. The fourth-order valence-electron chi connectivity index (χ4n) is 2.55. The van der Waals surface area contributed by atoms with Crippen LogP contribution in [0, 0.1) is 6.92 Å². The largest absolute Gasteiger partial charge is 0.415 e. The lowest BCUT2D eigenvalue weighted by molar-refractivity contribution is 0.252. The topological polar surface area (TPSA) is 55.4 Å². The Morgan fingerprint density at radius 1 is 1.03 bits per heavy atom. The molecule has 0 aliphatic heterocycles. The van der Waals surface area contributed by atoms with Crippen LogP contribution < -0.4 is 4.72 Å². The maximum atomic E-state index is 13.0. The van der Waals surface area contributed by atoms with Crippen LogP contribution in [-0.4, -0.2) is 29.4 Å². The molecule has 0 aromatic heterocycles. The maximum Gasteiger partial charge on any atom is 0.240 e. The van der Waals surface area contributed by atoms with E-state index < -0.39 is 29.8 Å². The van der Waals surface area contributed by atoms with E-state index in [2.05, 4.69) is 38.6 Å². The van der Waals surface area contributed by atoms with Crippen LogP contribution in [-0.2, 0) is 14.4 Å². The van der Waals surface area contributed by atoms with Crippen LogP contribution in [0.5, 0.6) is 0 Å². The molecule has 2 rings (SSSR count). The van der Waals surface area contributed by atoms with Crippen molar-refractivity contribution in [1.29, 1.82) is 0 Å². The van der Waals surface area contributed by atoms with Gasteiger partial charge in [-0.25, -0.2) is 13.1 Å². The lowest BCUT2D eigenvalue weighted by Crippen LogP contribution is -2.47. The molecule has 1 N–H and O–H groups in total. The molecule has 0 fully saturated rings. The van der Waals surface area contributed by atoms with Gasteiger partial charge in [-0.05, 0) is 42.8 Å². The van der Waals surface area contributed by atoms with E-state index in [0.29, 0.717) is 0 Å². The zero-order valence-electron chi connectivity index (χ0n) is 18.1. The van der Waals surface area contributed by atoms with E-state index in [1.807, 2.05) is 37.3 Å². The number of aryl methyl sites for hydroxylation is 1. The average Bonchev–Trinajstić information content (AvgIpc) is 2.64. The summed E-state index contributed by atoms with van der Waals surface area (Å²) >= 11 is 6.74. The Labute approximate surface area is 181 Å². The molecular formula is C22H32ClNO3SSi. The summed E-state index contributed by atoms with van der Waals surface area (Å²) in [5.41, 5.74) is 1.85. The fraction of sp³-hybridized carbons (Fsp3) is 0.455. The van der Waals surface area contributed by atoms with Crippen molar-refractivity contribution in [3.05, 3.63) is 65.7 Å². The molecule has 2 unspecified atom stereocenters. The highest BCUT2D eigenvalue weighted by atomic mass is 35.5. The predicted molar refractivity (Wildman–Crippen MR) is 123 cm³/mol. The van der Waals surface area contributed by atoms with E-state index in [4.69, 9.17) is 16.0 Å². The highest BCUT2D eigenvalue weighted by Gasteiger charge is 2.39. The summed E-state index contributed by atoms with van der Waals surface area (Å²) < 4.78 is 35.1. The molecule has 2 atom stereocenters. The van der Waals surface area contributed by atoms with Crippen molar-refractivity contribution in [2.45, 2.75) is 62.1 Å². The van der Waals surface area contributed by atoms with Crippen LogP contribution in [0.25, 0.3) is 0 Å². The first-order chi connectivity index (χ1) is 13.3. The molecule has 0 heterocycles. The summed E-state index contributed by atoms with van der Waals surface area (Å²) in [5, 5.41) is -0.539. The highest BCUT2D eigenvalue weighted by Crippen LogP contribution is 2.37. The second kappa shape index (κ2) is 9.31. The average molecular weight is 454 g/mol. The van der Waals surface area contributed by atoms with Gasteiger partial charge in [-0.3, -0.25) is 0 Å². The van der Waals surface area contributed by atoms with Gasteiger partial charge in [0.2, 0.25) is 10.0 Å². The van der Waals surface area contributed by atoms with E-state index >= 15 is 0 Å². The summed E-state index contributed by atoms with van der Waals surface area (Å²) in [6, 6.07) is 15.7. The zero-order chi connectivity index (χ0) is 21.9. The van der Waals surface area contributed by atoms with Gasteiger partial charge in [-0.2, -0.15) is 0 Å². The van der Waals surface area contributed by atoms with Crippen molar-refractivity contribution in [3.8, 4) is 0 Å². The van der Waals surface area contributed by atoms with Crippen LogP contribution in [0.4, 0.5) is 0 Å². The molecule has 4 nitrogen and oxygen atoms in total. The van der Waals surface area contributed by atoms with Crippen molar-refractivity contribution >= 4 is 29.9 Å². The molecule has 0 aliphatic rings. The Hall–Kier alpha value is -1.18. The van der Waals surface area contributed by atoms with Crippen molar-refractivity contribution < 1.29 is 12.8 Å². The molecule has 0 saturated heterocycles. The maximum absolute atomic E-state index is 13.0. The summed E-state index contributed by atoms with van der Waals surface area (Å²) in [5.74, 6) is 0. The van der Waals surface area contributed by atoms with E-state index in [0.717, 1.165) is 11.1 Å². The minimum absolute atomic E-state index is 0.0158. The van der Waals surface area contributed by atoms with Crippen LogP contribution in [0.15, 0.2) is 59.5 Å². The smallest absolute Gasteiger partial charge is 0.240 e. The van der Waals surface area contributed by atoms with E-state index in [1.165, 1.54) is 0 Å². The SMILES string of the molecule is Cc1ccc(S(=O)(=O)NC(CO[Si](C)(C)C(C)(C)C)C(Cl)c2ccccc2)cc1. The summed E-state index contributed by atoms with van der Waals surface area (Å²) in [7, 11) is -5.80. The molecule has 0 spiro atoms. The second-order valence-corrected chi connectivity index (χ2v) is 15.9. The number of alkyl halides is 1. The molecule has 0 amide bonds. The zero-order valence-corrected chi connectivity index (χ0v) is 20.6. The number of sulfonamides is 1. The van der Waals surface area contributed by atoms with Gasteiger partial charge in [0.1, 0.15) is 0 Å². The number of rotatable bonds is 8. The van der Waals surface area contributed by atoms with Crippen molar-refractivity contribution in [2.24, 2.45) is 0 Å². The molecule has 2 aromatic rings. The molecule has 7 heteroatoms. The van der Waals surface area contributed by atoms with E-state index in [1.54, 1.807) is 24.3 Å². The number of benzene rings is 2. The second-order valence-electron chi connectivity index (χ2n) is 8.92. The van der Waals surface area contributed by atoms with E-state index in [-0.39, 0.29) is 16.5 Å². The minimum Gasteiger partial charge on any atom is -0.415 e. The third kappa shape index (κ3) is 6.40. The first-order valence-electron chi connectivity index (χ1n) is 9.75. The third-order valence-electron chi connectivity index (χ3n) is 5.54. The van der Waals surface area contributed by atoms with Gasteiger partial charge in [-0.15, -0.1) is 11.6 Å². The Kier molecular flexibility index (Phi) is 7.73. The third-order valence-corrected chi connectivity index (χ3v) is 12.1. The first kappa shape index (κ1) is 24.1. The van der Waals surface area contributed by atoms with Gasteiger partial charge in [0, 0.05) is 0 Å². The quantitative estimate of drug-likeness (QED) is 0.415. The van der Waals surface area contributed by atoms with Gasteiger partial charge in [-0.1, -0.05) is 68.8 Å². The molecule has 0 radical (unpaired) electrons. The monoisotopic (exact) mass is 453 g/mol. The van der Waals surface area contributed by atoms with Crippen LogP contribution in [0.1, 0.15) is 37.3 Å². The van der Waals surface area contributed by atoms with Gasteiger partial charge in [0.25, 0.3) is 0 Å². The number of hydrogen-bond acceptors (Lipinski definition) is 3. The van der Waals surface area contributed by atoms with Crippen LogP contribution >= 0.6 is 11.6 Å². The normalized spacial score (nSPS) is 15.1. The summed E-state index contributed by atoms with van der Waals surface area (Å²) in [6.45, 7) is 12.9. The van der Waals surface area contributed by atoms with Gasteiger partial charge in [0.05, 0.1) is 22.9 Å². The Bertz CT molecular complexity index is 894.